The van der Waals surface area contributed by atoms with Crippen LogP contribution in [0.1, 0.15) is 53.4 Å². The van der Waals surface area contributed by atoms with E-state index in [1.54, 1.807) is 0 Å². The van der Waals surface area contributed by atoms with E-state index >= 15 is 0 Å². The summed E-state index contributed by atoms with van der Waals surface area (Å²) in [6.07, 6.45) is -11.0. The van der Waals surface area contributed by atoms with Crippen LogP contribution in [0.3, 0.4) is 0 Å². The van der Waals surface area contributed by atoms with Crippen molar-refractivity contribution >= 4 is 11.8 Å². The van der Waals surface area contributed by atoms with Crippen LogP contribution in [-0.4, -0.2) is 69.7 Å². The molecule has 0 aromatic heterocycles. The molecule has 2 aliphatic heterocycles. The molecule has 3 aliphatic rings. The van der Waals surface area contributed by atoms with Gasteiger partial charge >= 0.3 is 24.2 Å². The predicted molar refractivity (Wildman–Crippen MR) is 89.8 cm³/mol. The highest BCUT2D eigenvalue weighted by atomic mass is 19.4. The number of hydrogen-bond acceptors (Lipinski definition) is 4. The first-order chi connectivity index (χ1) is 13.4. The van der Waals surface area contributed by atoms with Gasteiger partial charge in [-0.1, -0.05) is 0 Å². The third-order valence-corrected chi connectivity index (χ3v) is 6.12. The van der Waals surface area contributed by atoms with Gasteiger partial charge in [0.15, 0.2) is 0 Å². The first kappa shape index (κ1) is 23.1. The molecule has 0 N–H and O–H groups in total. The smallest absolute Gasteiger partial charge is 0.353 e. The Morgan fingerprint density at radius 2 is 0.933 bits per heavy atom. The maximum atomic E-state index is 13.2. The second-order valence-corrected chi connectivity index (χ2v) is 9.37. The summed E-state index contributed by atoms with van der Waals surface area (Å²) < 4.78 is 90.7. The summed E-state index contributed by atoms with van der Waals surface area (Å²) in [5.41, 5.74) is -5.75. The van der Waals surface area contributed by atoms with Crippen LogP contribution < -0.4 is 0 Å². The van der Waals surface area contributed by atoms with Crippen LogP contribution in [-0.2, 0) is 19.1 Å². The predicted octanol–water partition coefficient (Wildman–Crippen LogP) is 3.35. The number of amides is 2. The lowest BCUT2D eigenvalue weighted by molar-refractivity contribution is -0.229. The summed E-state index contributed by atoms with van der Waals surface area (Å²) in [5, 5.41) is 0. The zero-order valence-electron chi connectivity index (χ0n) is 17.0. The maximum absolute atomic E-state index is 13.2. The Morgan fingerprint density at radius 1 is 0.667 bits per heavy atom. The molecule has 0 aromatic rings. The Hall–Kier alpha value is -1.56. The van der Waals surface area contributed by atoms with Crippen molar-refractivity contribution in [1.82, 2.24) is 9.80 Å². The summed E-state index contributed by atoms with van der Waals surface area (Å²) >= 11 is 0. The second-order valence-electron chi connectivity index (χ2n) is 9.37. The van der Waals surface area contributed by atoms with Gasteiger partial charge in [-0.3, -0.25) is 19.4 Å². The zero-order valence-corrected chi connectivity index (χ0v) is 17.0. The van der Waals surface area contributed by atoms with Crippen molar-refractivity contribution in [3.8, 4) is 0 Å². The maximum Gasteiger partial charge on any atom is 0.471 e. The molecule has 0 aromatic carbocycles. The second kappa shape index (κ2) is 6.47. The van der Waals surface area contributed by atoms with E-state index in [0.29, 0.717) is 9.80 Å². The third-order valence-electron chi connectivity index (χ3n) is 6.12. The lowest BCUT2D eigenvalue weighted by Gasteiger charge is -2.51. The molecular weight excluding hydrogens is 422 g/mol. The van der Waals surface area contributed by atoms with Crippen LogP contribution in [0.4, 0.5) is 26.3 Å². The van der Waals surface area contributed by atoms with Crippen molar-refractivity contribution in [3.63, 3.8) is 0 Å². The topological polar surface area (TPSA) is 59.1 Å². The molecule has 12 heteroatoms. The van der Waals surface area contributed by atoms with Crippen LogP contribution in [0, 0.1) is 0 Å². The summed E-state index contributed by atoms with van der Waals surface area (Å²) in [4.78, 5) is 25.6. The number of ether oxygens (including phenoxy) is 2. The van der Waals surface area contributed by atoms with Crippen LogP contribution in [0.25, 0.3) is 0 Å². The Bertz CT molecular complexity index is 676. The van der Waals surface area contributed by atoms with Crippen molar-refractivity contribution in [1.29, 1.82) is 0 Å². The molecule has 172 valence electrons. The van der Waals surface area contributed by atoms with Gasteiger partial charge in [0.2, 0.25) is 0 Å². The molecule has 3 rings (SSSR count). The highest BCUT2D eigenvalue weighted by Gasteiger charge is 2.66. The summed E-state index contributed by atoms with van der Waals surface area (Å²) in [6, 6.07) is 0. The number of hydrogen-bond donors (Lipinski definition) is 0. The van der Waals surface area contributed by atoms with E-state index in [1.807, 2.05) is 0 Å². The van der Waals surface area contributed by atoms with Crippen LogP contribution in [0.15, 0.2) is 0 Å². The molecule has 1 saturated carbocycles. The van der Waals surface area contributed by atoms with Crippen LogP contribution >= 0.6 is 0 Å². The quantitative estimate of drug-likeness (QED) is 0.536. The molecule has 2 spiro atoms. The van der Waals surface area contributed by atoms with Gasteiger partial charge < -0.3 is 9.47 Å². The molecule has 0 bridgehead atoms. The van der Waals surface area contributed by atoms with Gasteiger partial charge in [-0.25, -0.2) is 0 Å². The molecule has 0 unspecified atom stereocenters. The highest BCUT2D eigenvalue weighted by Crippen LogP contribution is 2.53. The molecule has 1 aliphatic carbocycles. The van der Waals surface area contributed by atoms with Gasteiger partial charge in [0.05, 0.1) is 24.3 Å². The van der Waals surface area contributed by atoms with Crippen molar-refractivity contribution < 1.29 is 45.4 Å². The summed E-state index contributed by atoms with van der Waals surface area (Å²) in [6.45, 7) is 5.43. The Kier molecular flexibility index (Phi) is 4.99. The first-order valence-corrected chi connectivity index (χ1v) is 9.49. The van der Waals surface area contributed by atoms with Gasteiger partial charge in [-0.2, -0.15) is 26.3 Å². The van der Waals surface area contributed by atoms with E-state index in [9.17, 15) is 35.9 Å². The molecule has 3 fully saturated rings. The first-order valence-electron chi connectivity index (χ1n) is 9.49. The monoisotopic (exact) mass is 446 g/mol. The minimum Gasteiger partial charge on any atom is -0.353 e. The fourth-order valence-electron chi connectivity index (χ4n) is 4.92. The van der Waals surface area contributed by atoms with E-state index in [-0.39, 0.29) is 38.9 Å². The van der Waals surface area contributed by atoms with Gasteiger partial charge in [0, 0.05) is 0 Å². The molecule has 2 saturated heterocycles. The Labute approximate surface area is 169 Å². The lowest BCUT2D eigenvalue weighted by Crippen LogP contribution is -2.65. The van der Waals surface area contributed by atoms with E-state index in [2.05, 4.69) is 0 Å². The average Bonchev–Trinajstić information content (AvgIpc) is 2.99. The molecule has 2 amide bonds. The van der Waals surface area contributed by atoms with Gasteiger partial charge in [-0.05, 0) is 53.4 Å². The normalized spacial score (nSPS) is 33.5. The minimum absolute atomic E-state index is 0.153. The zero-order chi connectivity index (χ0) is 23.0. The third kappa shape index (κ3) is 3.45. The number of rotatable bonds is 0. The minimum atomic E-state index is -5.13. The highest BCUT2D eigenvalue weighted by molar-refractivity contribution is 5.84. The molecule has 30 heavy (non-hydrogen) atoms. The summed E-state index contributed by atoms with van der Waals surface area (Å²) in [7, 11) is 0. The average molecular weight is 446 g/mol. The van der Waals surface area contributed by atoms with E-state index in [4.69, 9.17) is 9.47 Å². The molecule has 0 radical (unpaired) electrons. The molecular formula is C18H24F6N2O4. The molecule has 0 atom stereocenters. The Morgan fingerprint density at radius 3 is 1.17 bits per heavy atom. The van der Waals surface area contributed by atoms with E-state index < -0.39 is 46.7 Å². The molecule has 2 heterocycles. The number of alkyl halides is 6. The summed E-state index contributed by atoms with van der Waals surface area (Å²) in [5.74, 6) is -4.12. The SMILES string of the molecule is CC1(C)COC2(CCC3(CC2)OCC(C)(C)N3C(=O)C(F)(F)F)N1C(=O)C(F)(F)F. The van der Waals surface area contributed by atoms with Gasteiger partial charge in [-0.15, -0.1) is 0 Å². The van der Waals surface area contributed by atoms with Gasteiger partial charge in [0.1, 0.15) is 11.4 Å². The van der Waals surface area contributed by atoms with Crippen molar-refractivity contribution in [3.05, 3.63) is 0 Å². The lowest BCUT2D eigenvalue weighted by atomic mass is 9.81. The largest absolute Gasteiger partial charge is 0.471 e. The standard InChI is InChI=1S/C18H24F6N2O4/c1-13(2)9-29-15(25(13)11(27)17(19,20)21)5-7-16(8-6-15)26(12(28)18(22,23)24)14(3,4)10-30-16/h5-10H2,1-4H3. The fourth-order valence-corrected chi connectivity index (χ4v) is 4.92. The number of carbonyl (C=O) groups excluding carboxylic acids is 2. The van der Waals surface area contributed by atoms with Crippen LogP contribution in [0.5, 0.6) is 0 Å². The number of nitrogens with zero attached hydrogens (tertiary/aromatic N) is 2. The van der Waals surface area contributed by atoms with E-state index in [0.717, 1.165) is 0 Å². The molecule has 6 nitrogen and oxygen atoms in total. The van der Waals surface area contributed by atoms with Crippen LogP contribution in [0.2, 0.25) is 0 Å². The Balaban J connectivity index is 1.92. The number of halogens is 6. The van der Waals surface area contributed by atoms with Crippen molar-refractivity contribution in [2.75, 3.05) is 13.2 Å². The van der Waals surface area contributed by atoms with E-state index in [1.165, 1.54) is 27.7 Å². The van der Waals surface area contributed by atoms with Crippen molar-refractivity contribution in [2.45, 2.75) is 88.3 Å². The van der Waals surface area contributed by atoms with Crippen molar-refractivity contribution in [2.24, 2.45) is 0 Å². The fraction of sp³-hybridized carbons (Fsp3) is 0.889. The number of carbonyl (C=O) groups is 2. The van der Waals surface area contributed by atoms with Gasteiger partial charge in [0.25, 0.3) is 0 Å².